The van der Waals surface area contributed by atoms with E-state index in [-0.39, 0.29) is 26.2 Å². The third-order valence-corrected chi connectivity index (χ3v) is 4.23. The number of aliphatic hydroxyl groups excluding tert-OH is 1. The van der Waals surface area contributed by atoms with E-state index in [1.807, 2.05) is 30.3 Å². The lowest BCUT2D eigenvalue weighted by molar-refractivity contribution is -0.121. The monoisotopic (exact) mass is 437 g/mol. The van der Waals surface area contributed by atoms with Gasteiger partial charge in [0.05, 0.1) is 13.2 Å². The molecule has 0 saturated carbocycles. The van der Waals surface area contributed by atoms with Crippen LogP contribution in [0.1, 0.15) is 11.1 Å². The molecule has 0 radical (unpaired) electrons. The SMILES string of the molecule is O=C(CN(CCO)Cc1cc(Br)ccc1F)NC(=O)NCc1ccccc1. The van der Waals surface area contributed by atoms with Gasteiger partial charge < -0.3 is 10.4 Å². The summed E-state index contributed by atoms with van der Waals surface area (Å²) >= 11 is 3.28. The summed E-state index contributed by atoms with van der Waals surface area (Å²) in [7, 11) is 0. The van der Waals surface area contributed by atoms with Gasteiger partial charge in [-0.3, -0.25) is 15.0 Å². The molecule has 0 bridgehead atoms. The molecule has 2 rings (SSSR count). The first kappa shape index (κ1) is 21.0. The van der Waals surface area contributed by atoms with E-state index in [1.165, 1.54) is 6.07 Å². The molecule has 0 spiro atoms. The lowest BCUT2D eigenvalue weighted by Crippen LogP contribution is -2.44. The third kappa shape index (κ3) is 7.46. The molecule has 3 amide bonds. The van der Waals surface area contributed by atoms with Crippen LogP contribution in [0.25, 0.3) is 0 Å². The molecule has 8 heteroatoms. The summed E-state index contributed by atoms with van der Waals surface area (Å²) in [4.78, 5) is 25.5. The highest BCUT2D eigenvalue weighted by Gasteiger charge is 2.15. The van der Waals surface area contributed by atoms with Crippen LogP contribution in [0, 0.1) is 5.82 Å². The second-order valence-electron chi connectivity index (χ2n) is 5.89. The number of amides is 3. The second kappa shape index (κ2) is 10.8. The second-order valence-corrected chi connectivity index (χ2v) is 6.80. The van der Waals surface area contributed by atoms with Crippen LogP contribution < -0.4 is 10.6 Å². The third-order valence-electron chi connectivity index (χ3n) is 3.73. The Kier molecular flexibility index (Phi) is 8.38. The standard InChI is InChI=1S/C19H21BrFN3O3/c20-16-6-7-17(21)15(10-16)12-24(8-9-25)13-18(26)23-19(27)22-11-14-4-2-1-3-5-14/h1-7,10,25H,8-9,11-13H2,(H2,22,23,26,27). The van der Waals surface area contributed by atoms with Gasteiger partial charge in [0, 0.05) is 29.7 Å². The van der Waals surface area contributed by atoms with Crippen LogP contribution in [-0.4, -0.2) is 41.6 Å². The van der Waals surface area contributed by atoms with Crippen LogP contribution in [0.4, 0.5) is 9.18 Å². The van der Waals surface area contributed by atoms with Crippen molar-refractivity contribution in [1.29, 1.82) is 0 Å². The first-order valence-electron chi connectivity index (χ1n) is 8.36. The Morgan fingerprint density at radius 3 is 2.59 bits per heavy atom. The molecule has 144 valence electrons. The average molecular weight is 438 g/mol. The number of aliphatic hydroxyl groups is 1. The molecule has 3 N–H and O–H groups in total. The number of carbonyl (C=O) groups is 2. The summed E-state index contributed by atoms with van der Waals surface area (Å²) in [6, 6.07) is 13.2. The van der Waals surface area contributed by atoms with Crippen LogP contribution >= 0.6 is 15.9 Å². The molecule has 0 fully saturated rings. The molecular formula is C19H21BrFN3O3. The van der Waals surface area contributed by atoms with Gasteiger partial charge in [0.2, 0.25) is 5.91 Å². The minimum Gasteiger partial charge on any atom is -0.395 e. The van der Waals surface area contributed by atoms with E-state index in [2.05, 4.69) is 26.6 Å². The van der Waals surface area contributed by atoms with Gasteiger partial charge in [0.1, 0.15) is 5.82 Å². The fourth-order valence-corrected chi connectivity index (χ4v) is 2.86. The van der Waals surface area contributed by atoms with E-state index in [1.54, 1.807) is 17.0 Å². The minimum atomic E-state index is -0.610. The Balaban J connectivity index is 1.86. The van der Waals surface area contributed by atoms with Crippen LogP contribution in [0.5, 0.6) is 0 Å². The normalized spacial score (nSPS) is 10.7. The highest BCUT2D eigenvalue weighted by molar-refractivity contribution is 9.10. The number of benzene rings is 2. The van der Waals surface area contributed by atoms with Crippen molar-refractivity contribution in [3.8, 4) is 0 Å². The van der Waals surface area contributed by atoms with E-state index in [0.717, 1.165) is 5.56 Å². The van der Waals surface area contributed by atoms with Crippen molar-refractivity contribution >= 4 is 27.9 Å². The maximum atomic E-state index is 13.9. The van der Waals surface area contributed by atoms with Gasteiger partial charge in [0.15, 0.2) is 0 Å². The Labute approximate surface area is 165 Å². The van der Waals surface area contributed by atoms with E-state index < -0.39 is 17.8 Å². The van der Waals surface area contributed by atoms with Crippen molar-refractivity contribution in [2.24, 2.45) is 0 Å². The number of nitrogens with one attached hydrogen (secondary N) is 2. The number of carbonyl (C=O) groups excluding carboxylic acids is 2. The molecule has 0 aliphatic rings. The van der Waals surface area contributed by atoms with Crippen molar-refractivity contribution < 1.29 is 19.1 Å². The highest BCUT2D eigenvalue weighted by Crippen LogP contribution is 2.17. The number of hydrogen-bond donors (Lipinski definition) is 3. The summed E-state index contributed by atoms with van der Waals surface area (Å²) in [5.41, 5.74) is 1.30. The zero-order chi connectivity index (χ0) is 19.6. The molecule has 0 heterocycles. The topological polar surface area (TPSA) is 81.7 Å². The maximum Gasteiger partial charge on any atom is 0.321 e. The van der Waals surface area contributed by atoms with Gasteiger partial charge in [-0.1, -0.05) is 46.3 Å². The fourth-order valence-electron chi connectivity index (χ4n) is 2.45. The number of rotatable bonds is 8. The summed E-state index contributed by atoms with van der Waals surface area (Å²) in [6.07, 6.45) is 0. The van der Waals surface area contributed by atoms with Crippen molar-refractivity contribution in [1.82, 2.24) is 15.5 Å². The molecular weight excluding hydrogens is 417 g/mol. The minimum absolute atomic E-state index is 0.130. The predicted molar refractivity (Wildman–Crippen MR) is 103 cm³/mol. The number of urea groups is 1. The van der Waals surface area contributed by atoms with Crippen LogP contribution in [0.15, 0.2) is 53.0 Å². The van der Waals surface area contributed by atoms with Gasteiger partial charge in [-0.05, 0) is 23.8 Å². The Morgan fingerprint density at radius 1 is 1.15 bits per heavy atom. The summed E-state index contributed by atoms with van der Waals surface area (Å²) < 4.78 is 14.6. The van der Waals surface area contributed by atoms with E-state index in [4.69, 9.17) is 0 Å². The Bertz CT molecular complexity index is 774. The Hall–Kier alpha value is -2.29. The molecule has 0 unspecified atom stereocenters. The smallest absolute Gasteiger partial charge is 0.321 e. The molecule has 27 heavy (non-hydrogen) atoms. The van der Waals surface area contributed by atoms with Crippen molar-refractivity contribution in [2.45, 2.75) is 13.1 Å². The highest BCUT2D eigenvalue weighted by atomic mass is 79.9. The molecule has 2 aromatic rings. The van der Waals surface area contributed by atoms with Crippen molar-refractivity contribution in [3.05, 3.63) is 69.9 Å². The molecule has 0 aliphatic heterocycles. The lowest BCUT2D eigenvalue weighted by atomic mass is 10.2. The molecule has 2 aromatic carbocycles. The molecule has 0 aromatic heterocycles. The van der Waals surface area contributed by atoms with Gasteiger partial charge in [-0.25, -0.2) is 9.18 Å². The van der Waals surface area contributed by atoms with E-state index >= 15 is 0 Å². The van der Waals surface area contributed by atoms with Crippen LogP contribution in [-0.2, 0) is 17.9 Å². The van der Waals surface area contributed by atoms with Crippen LogP contribution in [0.2, 0.25) is 0 Å². The quantitative estimate of drug-likeness (QED) is 0.592. The first-order chi connectivity index (χ1) is 13.0. The molecule has 0 aliphatic carbocycles. The fraction of sp³-hybridized carbons (Fsp3) is 0.263. The van der Waals surface area contributed by atoms with Crippen LogP contribution in [0.3, 0.4) is 0 Å². The molecule has 0 atom stereocenters. The summed E-state index contributed by atoms with van der Waals surface area (Å²) in [6.45, 7) is 0.258. The first-order valence-corrected chi connectivity index (χ1v) is 9.16. The lowest BCUT2D eigenvalue weighted by Gasteiger charge is -2.21. The number of halogens is 2. The summed E-state index contributed by atoms with van der Waals surface area (Å²) in [5, 5.41) is 14.0. The van der Waals surface area contributed by atoms with Crippen molar-refractivity contribution in [3.63, 3.8) is 0 Å². The average Bonchev–Trinajstić information content (AvgIpc) is 2.64. The van der Waals surface area contributed by atoms with Crippen molar-refractivity contribution in [2.75, 3.05) is 19.7 Å². The maximum absolute atomic E-state index is 13.9. The van der Waals surface area contributed by atoms with Gasteiger partial charge in [0.25, 0.3) is 0 Å². The zero-order valence-electron chi connectivity index (χ0n) is 14.6. The van der Waals surface area contributed by atoms with Gasteiger partial charge in [-0.15, -0.1) is 0 Å². The molecule has 0 saturated heterocycles. The zero-order valence-corrected chi connectivity index (χ0v) is 16.2. The number of imide groups is 1. The Morgan fingerprint density at radius 2 is 1.89 bits per heavy atom. The van der Waals surface area contributed by atoms with E-state index in [9.17, 15) is 19.1 Å². The van der Waals surface area contributed by atoms with E-state index in [0.29, 0.717) is 16.6 Å². The van der Waals surface area contributed by atoms with Gasteiger partial charge >= 0.3 is 6.03 Å². The predicted octanol–water partition coefficient (Wildman–Crippen LogP) is 2.41. The largest absolute Gasteiger partial charge is 0.395 e. The number of hydrogen-bond acceptors (Lipinski definition) is 4. The number of nitrogens with zero attached hydrogens (tertiary/aromatic N) is 1. The van der Waals surface area contributed by atoms with Gasteiger partial charge in [-0.2, -0.15) is 0 Å². The molecule has 6 nitrogen and oxygen atoms in total. The summed E-state index contributed by atoms with van der Waals surface area (Å²) in [5.74, 6) is -0.938.